The lowest BCUT2D eigenvalue weighted by Crippen LogP contribution is -2.54. The van der Waals surface area contributed by atoms with Crippen molar-refractivity contribution in [3.63, 3.8) is 0 Å². The van der Waals surface area contributed by atoms with Crippen LogP contribution in [-0.4, -0.2) is 49.4 Å². The molecule has 0 aliphatic carbocycles. The number of rotatable bonds is 2. The van der Waals surface area contributed by atoms with Gasteiger partial charge in [-0.1, -0.05) is 0 Å². The first kappa shape index (κ1) is 16.2. The van der Waals surface area contributed by atoms with Crippen LogP contribution in [0, 0.1) is 5.92 Å². The number of piperidine rings is 2. The summed E-state index contributed by atoms with van der Waals surface area (Å²) in [4.78, 5) is 26.1. The molecule has 110 valence electrons. The van der Waals surface area contributed by atoms with E-state index in [9.17, 15) is 9.59 Å². The van der Waals surface area contributed by atoms with Crippen LogP contribution in [0.5, 0.6) is 0 Å². The summed E-state index contributed by atoms with van der Waals surface area (Å²) >= 11 is 0. The van der Waals surface area contributed by atoms with E-state index in [0.29, 0.717) is 0 Å². The maximum absolute atomic E-state index is 12.5. The molecule has 0 aromatic heterocycles. The van der Waals surface area contributed by atoms with Gasteiger partial charge in [-0.3, -0.25) is 9.59 Å². The molecule has 2 atom stereocenters. The number of amides is 2. The largest absolute Gasteiger partial charge is 0.357 e. The molecular formula is C13H24ClN3O2. The maximum atomic E-state index is 12.5. The van der Waals surface area contributed by atoms with Gasteiger partial charge in [0.1, 0.15) is 6.04 Å². The van der Waals surface area contributed by atoms with Crippen molar-refractivity contribution in [1.82, 2.24) is 15.5 Å². The normalized spacial score (nSPS) is 27.3. The van der Waals surface area contributed by atoms with Gasteiger partial charge in [-0.05, 0) is 38.6 Å². The summed E-state index contributed by atoms with van der Waals surface area (Å²) in [6.07, 6.45) is 4.84. The van der Waals surface area contributed by atoms with Crippen molar-refractivity contribution in [2.75, 3.05) is 26.7 Å². The van der Waals surface area contributed by atoms with Crippen molar-refractivity contribution in [1.29, 1.82) is 0 Å². The Morgan fingerprint density at radius 1 is 1.21 bits per heavy atom. The van der Waals surface area contributed by atoms with Gasteiger partial charge in [0, 0.05) is 20.1 Å². The smallest absolute Gasteiger partial charge is 0.242 e. The molecule has 0 spiro atoms. The molecule has 2 amide bonds. The molecule has 2 fully saturated rings. The molecule has 0 aromatic rings. The zero-order chi connectivity index (χ0) is 13.0. The fourth-order valence-electron chi connectivity index (χ4n) is 2.93. The van der Waals surface area contributed by atoms with Crippen LogP contribution in [0.25, 0.3) is 0 Å². The first-order chi connectivity index (χ1) is 8.74. The highest BCUT2D eigenvalue weighted by Crippen LogP contribution is 2.22. The molecule has 2 heterocycles. The highest BCUT2D eigenvalue weighted by molar-refractivity contribution is 5.88. The minimum atomic E-state index is -0.252. The fraction of sp³-hybridized carbons (Fsp3) is 0.846. The Bertz CT molecular complexity index is 319. The third-order valence-corrected chi connectivity index (χ3v) is 3.98. The van der Waals surface area contributed by atoms with E-state index in [1.165, 1.54) is 0 Å². The minimum Gasteiger partial charge on any atom is -0.357 e. The highest BCUT2D eigenvalue weighted by atomic mass is 35.5. The van der Waals surface area contributed by atoms with Crippen LogP contribution in [0.2, 0.25) is 0 Å². The Kier molecular flexibility index (Phi) is 6.58. The van der Waals surface area contributed by atoms with Crippen LogP contribution in [0.1, 0.15) is 32.1 Å². The van der Waals surface area contributed by atoms with Gasteiger partial charge in [0.2, 0.25) is 11.8 Å². The van der Waals surface area contributed by atoms with E-state index in [4.69, 9.17) is 0 Å². The number of nitrogens with one attached hydrogen (secondary N) is 2. The molecule has 2 N–H and O–H groups in total. The third kappa shape index (κ3) is 3.83. The predicted octanol–water partition coefficient (Wildman–Crippen LogP) is 0.535. The summed E-state index contributed by atoms with van der Waals surface area (Å²) in [7, 11) is 1.64. The van der Waals surface area contributed by atoms with Crippen LogP contribution in [-0.2, 0) is 9.59 Å². The highest BCUT2D eigenvalue weighted by Gasteiger charge is 2.35. The molecular weight excluding hydrogens is 266 g/mol. The van der Waals surface area contributed by atoms with E-state index in [2.05, 4.69) is 10.6 Å². The van der Waals surface area contributed by atoms with Gasteiger partial charge >= 0.3 is 0 Å². The number of hydrogen-bond donors (Lipinski definition) is 2. The van der Waals surface area contributed by atoms with E-state index in [-0.39, 0.29) is 36.2 Å². The Labute approximate surface area is 120 Å². The van der Waals surface area contributed by atoms with Crippen molar-refractivity contribution < 1.29 is 9.59 Å². The molecule has 2 unspecified atom stereocenters. The van der Waals surface area contributed by atoms with Crippen LogP contribution in [0.4, 0.5) is 0 Å². The SMILES string of the molecule is CNC(=O)C1CCCCN1C(=O)C1CCCNC1.Cl. The maximum Gasteiger partial charge on any atom is 0.242 e. The molecule has 6 heteroatoms. The van der Waals surface area contributed by atoms with Crippen LogP contribution in [0.15, 0.2) is 0 Å². The van der Waals surface area contributed by atoms with E-state index >= 15 is 0 Å². The van der Waals surface area contributed by atoms with Crippen LogP contribution < -0.4 is 10.6 Å². The number of hydrogen-bond acceptors (Lipinski definition) is 3. The second-order valence-corrected chi connectivity index (χ2v) is 5.20. The van der Waals surface area contributed by atoms with Gasteiger partial charge in [0.15, 0.2) is 0 Å². The molecule has 2 aliphatic heterocycles. The molecule has 0 aromatic carbocycles. The summed E-state index contributed by atoms with van der Waals surface area (Å²) in [5.41, 5.74) is 0. The quantitative estimate of drug-likeness (QED) is 0.780. The predicted molar refractivity (Wildman–Crippen MR) is 76.3 cm³/mol. The average molecular weight is 290 g/mol. The van der Waals surface area contributed by atoms with Crippen LogP contribution in [0.3, 0.4) is 0 Å². The van der Waals surface area contributed by atoms with Gasteiger partial charge in [-0.2, -0.15) is 0 Å². The zero-order valence-corrected chi connectivity index (χ0v) is 12.3. The number of nitrogens with zero attached hydrogens (tertiary/aromatic N) is 1. The van der Waals surface area contributed by atoms with Crippen molar-refractivity contribution in [3.8, 4) is 0 Å². The minimum absolute atomic E-state index is 0. The van der Waals surface area contributed by atoms with E-state index in [0.717, 1.165) is 51.7 Å². The lowest BCUT2D eigenvalue weighted by Gasteiger charge is -2.37. The van der Waals surface area contributed by atoms with Gasteiger partial charge in [-0.15, -0.1) is 12.4 Å². The molecule has 5 nitrogen and oxygen atoms in total. The summed E-state index contributed by atoms with van der Waals surface area (Å²) in [5.74, 6) is 0.200. The molecule has 2 rings (SSSR count). The lowest BCUT2D eigenvalue weighted by atomic mass is 9.94. The van der Waals surface area contributed by atoms with E-state index in [1.54, 1.807) is 11.9 Å². The van der Waals surface area contributed by atoms with Gasteiger partial charge in [0.05, 0.1) is 5.92 Å². The van der Waals surface area contributed by atoms with Gasteiger partial charge in [0.25, 0.3) is 0 Å². The zero-order valence-electron chi connectivity index (χ0n) is 11.5. The number of halogens is 1. The number of likely N-dealkylation sites (tertiary alicyclic amines) is 1. The first-order valence-electron chi connectivity index (χ1n) is 6.97. The molecule has 2 aliphatic rings. The Hall–Kier alpha value is -0.810. The monoisotopic (exact) mass is 289 g/mol. The number of carbonyl (C=O) groups excluding carboxylic acids is 2. The topological polar surface area (TPSA) is 61.4 Å². The second kappa shape index (κ2) is 7.70. The van der Waals surface area contributed by atoms with Crippen molar-refractivity contribution >= 4 is 24.2 Å². The molecule has 0 radical (unpaired) electrons. The summed E-state index contributed by atoms with van der Waals surface area (Å²) < 4.78 is 0. The summed E-state index contributed by atoms with van der Waals surface area (Å²) in [5, 5.41) is 5.94. The van der Waals surface area contributed by atoms with Gasteiger partial charge < -0.3 is 15.5 Å². The Morgan fingerprint density at radius 3 is 2.63 bits per heavy atom. The molecule has 0 saturated carbocycles. The molecule has 2 saturated heterocycles. The van der Waals surface area contributed by atoms with E-state index < -0.39 is 0 Å². The Morgan fingerprint density at radius 2 is 2.00 bits per heavy atom. The number of likely N-dealkylation sites (N-methyl/N-ethyl adjacent to an activating group) is 1. The lowest BCUT2D eigenvalue weighted by molar-refractivity contribution is -0.145. The van der Waals surface area contributed by atoms with Gasteiger partial charge in [-0.25, -0.2) is 0 Å². The fourth-order valence-corrected chi connectivity index (χ4v) is 2.93. The summed E-state index contributed by atoms with van der Waals surface area (Å²) in [6, 6.07) is -0.252. The third-order valence-electron chi connectivity index (χ3n) is 3.98. The number of carbonyl (C=O) groups is 2. The van der Waals surface area contributed by atoms with Crippen LogP contribution >= 0.6 is 12.4 Å². The van der Waals surface area contributed by atoms with E-state index in [1.807, 2.05) is 0 Å². The summed E-state index contributed by atoms with van der Waals surface area (Å²) in [6.45, 7) is 2.49. The Balaban J connectivity index is 0.00000180. The van der Waals surface area contributed by atoms with Crippen molar-refractivity contribution in [3.05, 3.63) is 0 Å². The molecule has 0 bridgehead atoms. The first-order valence-corrected chi connectivity index (χ1v) is 6.97. The second-order valence-electron chi connectivity index (χ2n) is 5.20. The van der Waals surface area contributed by atoms with Crippen molar-refractivity contribution in [2.24, 2.45) is 5.92 Å². The van der Waals surface area contributed by atoms with Crippen molar-refractivity contribution in [2.45, 2.75) is 38.1 Å². The molecule has 19 heavy (non-hydrogen) atoms. The average Bonchev–Trinajstić information content (AvgIpc) is 2.46. The standard InChI is InChI=1S/C13H23N3O2.ClH/c1-14-12(17)11-6-2-3-8-16(11)13(18)10-5-4-7-15-9-10;/h10-11,15H,2-9H2,1H3,(H,14,17);1H.